The topological polar surface area (TPSA) is 90.8 Å². The van der Waals surface area contributed by atoms with Crippen molar-refractivity contribution in [2.45, 2.75) is 89.6 Å². The van der Waals surface area contributed by atoms with Crippen molar-refractivity contribution in [1.82, 2.24) is 29.8 Å². The van der Waals surface area contributed by atoms with Crippen LogP contribution in [0.4, 0.5) is 8.78 Å². The predicted octanol–water partition coefficient (Wildman–Crippen LogP) is 4.76. The Morgan fingerprint density at radius 3 is 2.57 bits per heavy atom. The zero-order valence-electron chi connectivity index (χ0n) is 27.3. The van der Waals surface area contributed by atoms with Gasteiger partial charge in [-0.1, -0.05) is 18.2 Å². The van der Waals surface area contributed by atoms with Crippen LogP contribution >= 0.6 is 0 Å². The summed E-state index contributed by atoms with van der Waals surface area (Å²) < 4.78 is 28.1. The van der Waals surface area contributed by atoms with Crippen molar-refractivity contribution in [2.75, 3.05) is 39.3 Å². The number of piperidine rings is 2. The first kappa shape index (κ1) is 32.0. The molecule has 5 aliphatic rings. The van der Waals surface area contributed by atoms with Crippen LogP contribution in [-0.2, 0) is 20.8 Å². The maximum absolute atomic E-state index is 13.3. The molecule has 3 amide bonds. The number of aromatic nitrogens is 2. The molecule has 1 saturated carbocycles. The number of rotatable bonds is 8. The number of amides is 3. The standard InChI is InChI=1S/C36H46F2N6O3/c1-24-33-26(4-2-6-29(33)44(40-24)30-12-13-31(45)39-35(30)47)9-14-32(46)43-22-36(23-43)15-18-41(19-16-36)20-25-7-10-28(11-8-25)42-17-3-5-27(21-42)34(37)38/h2-6,17,25,28,30,34H,7-16,18-23H2,1H3,(H,39,45,47). The van der Waals surface area contributed by atoms with Crippen LogP contribution < -0.4 is 5.32 Å². The monoisotopic (exact) mass is 648 g/mol. The van der Waals surface area contributed by atoms with E-state index in [0.29, 0.717) is 44.2 Å². The van der Waals surface area contributed by atoms with E-state index in [1.807, 2.05) is 36.2 Å². The van der Waals surface area contributed by atoms with Gasteiger partial charge in [-0.25, -0.2) is 8.78 Å². The highest BCUT2D eigenvalue weighted by molar-refractivity contribution is 6.00. The second-order valence-corrected chi connectivity index (χ2v) is 14.6. The van der Waals surface area contributed by atoms with Crippen molar-refractivity contribution >= 4 is 28.6 Å². The van der Waals surface area contributed by atoms with Gasteiger partial charge in [-0.15, -0.1) is 0 Å². The number of aryl methyl sites for hydroxylation is 2. The van der Waals surface area contributed by atoms with Gasteiger partial charge in [0.1, 0.15) is 6.04 Å². The number of hydrogen-bond acceptors (Lipinski definition) is 6. The van der Waals surface area contributed by atoms with Crippen molar-refractivity contribution in [3.8, 4) is 0 Å². The first-order valence-corrected chi connectivity index (χ1v) is 17.4. The molecule has 3 saturated heterocycles. The van der Waals surface area contributed by atoms with Crippen molar-refractivity contribution in [2.24, 2.45) is 11.3 Å². The summed E-state index contributed by atoms with van der Waals surface area (Å²) >= 11 is 0. The van der Waals surface area contributed by atoms with Crippen LogP contribution in [0.15, 0.2) is 42.1 Å². The predicted molar refractivity (Wildman–Crippen MR) is 175 cm³/mol. The number of carbonyl (C=O) groups excluding carboxylic acids is 3. The zero-order chi connectivity index (χ0) is 32.7. The van der Waals surface area contributed by atoms with Crippen molar-refractivity contribution in [3.05, 3.63) is 53.4 Å². The van der Waals surface area contributed by atoms with Crippen molar-refractivity contribution in [1.29, 1.82) is 0 Å². The highest BCUT2D eigenvalue weighted by atomic mass is 19.3. The number of benzene rings is 1. The molecule has 9 nitrogen and oxygen atoms in total. The van der Waals surface area contributed by atoms with Gasteiger partial charge in [0, 0.05) is 61.4 Å². The highest BCUT2D eigenvalue weighted by Gasteiger charge is 2.46. The number of likely N-dealkylation sites (tertiary alicyclic amines) is 2. The second kappa shape index (κ2) is 13.1. The summed E-state index contributed by atoms with van der Waals surface area (Å²) in [4.78, 5) is 44.2. The minimum atomic E-state index is -2.38. The van der Waals surface area contributed by atoms with Gasteiger partial charge in [-0.3, -0.25) is 24.4 Å². The van der Waals surface area contributed by atoms with Crippen molar-refractivity contribution in [3.63, 3.8) is 0 Å². The zero-order valence-corrected chi connectivity index (χ0v) is 27.3. The molecular weight excluding hydrogens is 602 g/mol. The number of nitrogens with one attached hydrogen (secondary N) is 1. The van der Waals surface area contributed by atoms with E-state index in [1.165, 1.54) is 0 Å². The van der Waals surface area contributed by atoms with E-state index in [9.17, 15) is 23.2 Å². The molecule has 1 aromatic carbocycles. The molecule has 0 bridgehead atoms. The summed E-state index contributed by atoms with van der Waals surface area (Å²) in [6.07, 6.45) is 11.4. The van der Waals surface area contributed by atoms with Gasteiger partial charge >= 0.3 is 0 Å². The van der Waals surface area contributed by atoms with Crippen LogP contribution in [0.1, 0.15) is 75.1 Å². The summed E-state index contributed by atoms with van der Waals surface area (Å²) in [6, 6.07) is 5.81. The Morgan fingerprint density at radius 2 is 1.85 bits per heavy atom. The minimum Gasteiger partial charge on any atom is -0.370 e. The molecule has 2 aromatic rings. The number of alkyl halides is 2. The van der Waals surface area contributed by atoms with E-state index in [0.717, 1.165) is 93.4 Å². The van der Waals surface area contributed by atoms with Crippen LogP contribution in [0.2, 0.25) is 0 Å². The Labute approximate surface area is 275 Å². The summed E-state index contributed by atoms with van der Waals surface area (Å²) in [5.74, 6) is 0.306. The fourth-order valence-electron chi connectivity index (χ4n) is 8.70. The lowest BCUT2D eigenvalue weighted by atomic mass is 9.71. The van der Waals surface area contributed by atoms with Gasteiger partial charge in [-0.2, -0.15) is 5.10 Å². The van der Waals surface area contributed by atoms with Crippen molar-refractivity contribution < 1.29 is 23.2 Å². The Hall–Kier alpha value is -3.60. The summed E-state index contributed by atoms with van der Waals surface area (Å²) in [6.45, 7) is 7.26. The third-order valence-corrected chi connectivity index (χ3v) is 11.5. The van der Waals surface area contributed by atoms with E-state index < -0.39 is 12.5 Å². The number of imide groups is 1. The Morgan fingerprint density at radius 1 is 1.09 bits per heavy atom. The first-order chi connectivity index (χ1) is 22.7. The number of fused-ring (bicyclic) bond motifs is 1. The number of nitrogens with zero attached hydrogens (tertiary/aromatic N) is 5. The minimum absolute atomic E-state index is 0.196. The molecular formula is C36H46F2N6O3. The highest BCUT2D eigenvalue weighted by Crippen LogP contribution is 2.41. The number of hydrogen-bond donors (Lipinski definition) is 1. The molecule has 1 aromatic heterocycles. The second-order valence-electron chi connectivity index (χ2n) is 14.6. The smallest absolute Gasteiger partial charge is 0.261 e. The lowest BCUT2D eigenvalue weighted by molar-refractivity contribution is -0.147. The summed E-state index contributed by atoms with van der Waals surface area (Å²) in [7, 11) is 0. The summed E-state index contributed by atoms with van der Waals surface area (Å²) in [5, 5.41) is 8.11. The van der Waals surface area contributed by atoms with Crippen LogP contribution in [0.25, 0.3) is 10.9 Å². The number of halogens is 2. The van der Waals surface area contributed by atoms with Crippen LogP contribution in [0, 0.1) is 18.3 Å². The maximum Gasteiger partial charge on any atom is 0.261 e. The molecule has 1 spiro atoms. The molecule has 11 heteroatoms. The SMILES string of the molecule is Cc1nn(C2CCC(=O)NC2=O)c2cccc(CCC(=O)N3CC4(CCN(CC5CCC(N6C=CC=C(C(F)F)C6)CC5)CC4)C3)c12. The summed E-state index contributed by atoms with van der Waals surface area (Å²) in [5.41, 5.74) is 3.23. The van der Waals surface area contributed by atoms with Crippen LogP contribution in [0.3, 0.4) is 0 Å². The average molecular weight is 649 g/mol. The Bertz CT molecular complexity index is 1580. The van der Waals surface area contributed by atoms with E-state index in [-0.39, 0.29) is 28.7 Å². The van der Waals surface area contributed by atoms with Gasteiger partial charge in [-0.05, 0) is 101 Å². The van der Waals surface area contributed by atoms with Crippen LogP contribution in [0.5, 0.6) is 0 Å². The van der Waals surface area contributed by atoms with Crippen LogP contribution in [-0.4, -0.2) is 93.9 Å². The lowest BCUT2D eigenvalue weighted by Gasteiger charge is -2.54. The van der Waals surface area contributed by atoms with E-state index in [2.05, 4.69) is 20.2 Å². The normalized spacial score (nSPS) is 26.6. The molecule has 5 heterocycles. The third-order valence-electron chi connectivity index (χ3n) is 11.5. The largest absolute Gasteiger partial charge is 0.370 e. The molecule has 1 unspecified atom stereocenters. The molecule has 7 rings (SSSR count). The van der Waals surface area contributed by atoms with Gasteiger partial charge in [0.05, 0.1) is 11.2 Å². The number of allylic oxidation sites excluding steroid dienone is 2. The molecule has 47 heavy (non-hydrogen) atoms. The first-order valence-electron chi connectivity index (χ1n) is 17.4. The van der Waals surface area contributed by atoms with Gasteiger partial charge in [0.25, 0.3) is 12.3 Å². The lowest BCUT2D eigenvalue weighted by Crippen LogP contribution is -2.62. The molecule has 4 fully saturated rings. The van der Waals surface area contributed by atoms with Gasteiger partial charge in [0.15, 0.2) is 0 Å². The third kappa shape index (κ3) is 6.60. The molecule has 1 atom stereocenters. The molecule has 1 N–H and O–H groups in total. The van der Waals surface area contributed by atoms with E-state index in [1.54, 1.807) is 16.8 Å². The maximum atomic E-state index is 13.3. The molecule has 4 aliphatic heterocycles. The number of carbonyl (C=O) groups is 3. The van der Waals surface area contributed by atoms with E-state index >= 15 is 0 Å². The van der Waals surface area contributed by atoms with Gasteiger partial charge < -0.3 is 14.7 Å². The average Bonchev–Trinajstić information content (AvgIpc) is 3.39. The van der Waals surface area contributed by atoms with E-state index in [4.69, 9.17) is 0 Å². The fraction of sp³-hybridized carbons (Fsp3) is 0.611. The Kier molecular flexibility index (Phi) is 8.93. The quantitative estimate of drug-likeness (QED) is 0.416. The van der Waals surface area contributed by atoms with Gasteiger partial charge in [0.2, 0.25) is 11.8 Å². The molecule has 252 valence electrons. The molecule has 1 aliphatic carbocycles. The Balaban J connectivity index is 0.853. The fourth-order valence-corrected chi connectivity index (χ4v) is 8.70. The molecule has 0 radical (unpaired) electrons.